The molecule has 0 aliphatic carbocycles. The van der Waals surface area contributed by atoms with E-state index in [2.05, 4.69) is 9.72 Å². The molecule has 114 valence electrons. The minimum Gasteiger partial charge on any atom is -0.465 e. The van der Waals surface area contributed by atoms with Gasteiger partial charge < -0.3 is 4.74 Å². The Labute approximate surface area is 120 Å². The zero-order valence-electron chi connectivity index (χ0n) is 11.2. The van der Waals surface area contributed by atoms with E-state index in [0.717, 1.165) is 0 Å². The maximum absolute atomic E-state index is 12.7. The first-order chi connectivity index (χ1) is 9.80. The summed E-state index contributed by atoms with van der Waals surface area (Å²) in [6.45, 7) is 0.0759. The van der Waals surface area contributed by atoms with Crippen molar-refractivity contribution in [2.45, 2.75) is 6.42 Å². The van der Waals surface area contributed by atoms with Crippen molar-refractivity contribution < 1.29 is 26.6 Å². The molecule has 1 aliphatic heterocycles. The van der Waals surface area contributed by atoms with Crippen molar-refractivity contribution in [3.8, 4) is 0 Å². The number of anilines is 1. The van der Waals surface area contributed by atoms with Crippen LogP contribution in [0.1, 0.15) is 16.8 Å². The Morgan fingerprint density at radius 2 is 2.24 bits per heavy atom. The lowest BCUT2D eigenvalue weighted by molar-refractivity contribution is -0.117. The van der Waals surface area contributed by atoms with Gasteiger partial charge in [-0.05, 0) is 12.1 Å². The lowest BCUT2D eigenvalue weighted by atomic mass is 10.1. The number of rotatable bonds is 4. The van der Waals surface area contributed by atoms with Crippen LogP contribution in [0.5, 0.6) is 0 Å². The topological polar surface area (TPSA) is 93.6 Å². The van der Waals surface area contributed by atoms with Crippen molar-refractivity contribution in [1.29, 1.82) is 0 Å². The van der Waals surface area contributed by atoms with E-state index in [1.165, 1.54) is 30.3 Å². The Kier molecular flexibility index (Phi) is 4.21. The maximum Gasteiger partial charge on any atom is 0.339 e. The third-order valence-corrected chi connectivity index (χ3v) is 3.95. The molecule has 0 radical (unpaired) electrons. The highest BCUT2D eigenvalue weighted by atomic mass is 32.3. The van der Waals surface area contributed by atoms with Crippen LogP contribution in [0.15, 0.2) is 18.3 Å². The quantitative estimate of drug-likeness (QED) is 0.594. The van der Waals surface area contributed by atoms with Crippen molar-refractivity contribution in [3.05, 3.63) is 23.9 Å². The van der Waals surface area contributed by atoms with Crippen molar-refractivity contribution in [2.24, 2.45) is 5.92 Å². The van der Waals surface area contributed by atoms with Gasteiger partial charge in [-0.3, -0.25) is 9.69 Å². The normalized spacial score (nSPS) is 18.9. The summed E-state index contributed by atoms with van der Waals surface area (Å²) in [4.78, 5) is 28.3. The number of carbonyl (C=O) groups is 2. The van der Waals surface area contributed by atoms with Crippen LogP contribution in [0.3, 0.4) is 0 Å². The summed E-state index contributed by atoms with van der Waals surface area (Å²) in [5.41, 5.74) is 0.232. The van der Waals surface area contributed by atoms with Crippen molar-refractivity contribution >= 4 is 27.9 Å². The van der Waals surface area contributed by atoms with Crippen LogP contribution < -0.4 is 4.90 Å². The first-order valence-corrected chi connectivity index (χ1v) is 7.62. The van der Waals surface area contributed by atoms with Gasteiger partial charge in [0.1, 0.15) is 5.82 Å². The number of hydrogen-bond acceptors (Lipinski definition) is 6. The first kappa shape index (κ1) is 15.4. The van der Waals surface area contributed by atoms with E-state index < -0.39 is 27.9 Å². The van der Waals surface area contributed by atoms with Crippen molar-refractivity contribution in [2.75, 3.05) is 24.3 Å². The molecule has 1 aliphatic rings. The van der Waals surface area contributed by atoms with Crippen LogP contribution in [0.2, 0.25) is 0 Å². The number of esters is 1. The molecule has 2 rings (SSSR count). The Hall–Kier alpha value is -2.03. The van der Waals surface area contributed by atoms with E-state index >= 15 is 0 Å². The standard InChI is InChI=1S/C12H13FN2O5S/c1-20-12(17)9-2-3-10(14-5-9)15-6-8(4-11(15)16)7-21(13,18)19/h2-3,5,8H,4,6-7H2,1H3. The predicted octanol–water partition coefficient (Wildman–Crippen LogP) is 0.520. The molecule has 1 amide bonds. The average molecular weight is 316 g/mol. The van der Waals surface area contributed by atoms with Gasteiger partial charge in [-0.25, -0.2) is 9.78 Å². The number of aromatic nitrogens is 1. The number of amides is 1. The lowest BCUT2D eigenvalue weighted by Crippen LogP contribution is -2.26. The van der Waals surface area contributed by atoms with Crippen LogP contribution in [0.4, 0.5) is 9.70 Å². The molecule has 1 aromatic heterocycles. The van der Waals surface area contributed by atoms with Crippen LogP contribution in [-0.4, -0.2) is 44.7 Å². The monoisotopic (exact) mass is 316 g/mol. The van der Waals surface area contributed by atoms with Gasteiger partial charge in [0.05, 0.1) is 18.4 Å². The lowest BCUT2D eigenvalue weighted by Gasteiger charge is -2.15. The summed E-state index contributed by atoms with van der Waals surface area (Å²) in [6, 6.07) is 2.90. The predicted molar refractivity (Wildman–Crippen MR) is 70.9 cm³/mol. The number of pyridine rings is 1. The van der Waals surface area contributed by atoms with Gasteiger partial charge in [-0.15, -0.1) is 3.89 Å². The molecule has 1 atom stereocenters. The van der Waals surface area contributed by atoms with Crippen LogP contribution in [0, 0.1) is 5.92 Å². The molecule has 0 saturated carbocycles. The Balaban J connectivity index is 2.12. The summed E-state index contributed by atoms with van der Waals surface area (Å²) in [5, 5.41) is 0. The average Bonchev–Trinajstić information content (AvgIpc) is 2.76. The highest BCUT2D eigenvalue weighted by Crippen LogP contribution is 2.25. The van der Waals surface area contributed by atoms with Gasteiger partial charge in [-0.2, -0.15) is 8.42 Å². The number of nitrogens with zero attached hydrogens (tertiary/aromatic N) is 2. The molecular formula is C12H13FN2O5S. The number of carbonyl (C=O) groups excluding carboxylic acids is 2. The molecule has 9 heteroatoms. The molecule has 1 unspecified atom stereocenters. The second-order valence-electron chi connectivity index (χ2n) is 4.68. The molecular weight excluding hydrogens is 303 g/mol. The SMILES string of the molecule is COC(=O)c1ccc(N2CC(CS(=O)(=O)F)CC2=O)nc1. The van der Waals surface area contributed by atoms with E-state index in [0.29, 0.717) is 0 Å². The fraction of sp³-hybridized carbons (Fsp3) is 0.417. The van der Waals surface area contributed by atoms with Gasteiger partial charge in [-0.1, -0.05) is 0 Å². The molecule has 1 aromatic rings. The van der Waals surface area contributed by atoms with Gasteiger partial charge in [0.2, 0.25) is 5.91 Å². The number of hydrogen-bond donors (Lipinski definition) is 0. The van der Waals surface area contributed by atoms with Crippen LogP contribution >= 0.6 is 0 Å². The minimum atomic E-state index is -4.62. The van der Waals surface area contributed by atoms with Crippen molar-refractivity contribution in [1.82, 2.24) is 4.98 Å². The van der Waals surface area contributed by atoms with Gasteiger partial charge in [0.15, 0.2) is 0 Å². The summed E-state index contributed by atoms with van der Waals surface area (Å²) >= 11 is 0. The molecule has 7 nitrogen and oxygen atoms in total. The highest BCUT2D eigenvalue weighted by molar-refractivity contribution is 7.86. The summed E-state index contributed by atoms with van der Waals surface area (Å²) in [6.07, 6.45) is 1.21. The third kappa shape index (κ3) is 3.75. The highest BCUT2D eigenvalue weighted by Gasteiger charge is 2.34. The third-order valence-electron chi connectivity index (χ3n) is 3.09. The molecule has 0 bridgehead atoms. The molecule has 2 heterocycles. The molecule has 0 aromatic carbocycles. The van der Waals surface area contributed by atoms with E-state index in [9.17, 15) is 21.9 Å². The minimum absolute atomic E-state index is 0.0520. The molecule has 1 saturated heterocycles. The number of methoxy groups -OCH3 is 1. The smallest absolute Gasteiger partial charge is 0.339 e. The van der Waals surface area contributed by atoms with E-state index in [4.69, 9.17) is 0 Å². The summed E-state index contributed by atoms with van der Waals surface area (Å²) < 4.78 is 38.4. The molecule has 21 heavy (non-hydrogen) atoms. The first-order valence-electron chi connectivity index (χ1n) is 6.07. The fourth-order valence-electron chi connectivity index (χ4n) is 2.18. The van der Waals surface area contributed by atoms with Crippen LogP contribution in [0.25, 0.3) is 0 Å². The zero-order chi connectivity index (χ0) is 15.6. The van der Waals surface area contributed by atoms with E-state index in [1.807, 2.05) is 0 Å². The Morgan fingerprint density at radius 1 is 1.52 bits per heavy atom. The second kappa shape index (κ2) is 5.76. The Bertz CT molecular complexity index is 659. The molecule has 1 fully saturated rings. The van der Waals surface area contributed by atoms with E-state index in [1.54, 1.807) is 0 Å². The number of halogens is 1. The summed E-state index contributed by atoms with van der Waals surface area (Å²) in [5.74, 6) is -1.89. The zero-order valence-corrected chi connectivity index (χ0v) is 12.0. The fourth-order valence-corrected chi connectivity index (χ4v) is 2.97. The van der Waals surface area contributed by atoms with E-state index in [-0.39, 0.29) is 30.3 Å². The molecule has 0 N–H and O–H groups in total. The Morgan fingerprint density at radius 3 is 2.76 bits per heavy atom. The maximum atomic E-state index is 12.7. The summed E-state index contributed by atoms with van der Waals surface area (Å²) in [7, 11) is -3.38. The largest absolute Gasteiger partial charge is 0.465 e. The van der Waals surface area contributed by atoms with Gasteiger partial charge >= 0.3 is 16.2 Å². The van der Waals surface area contributed by atoms with Gasteiger partial charge in [0.25, 0.3) is 0 Å². The molecule has 0 spiro atoms. The van der Waals surface area contributed by atoms with Gasteiger partial charge in [0, 0.05) is 25.1 Å². The number of ether oxygens (including phenoxy) is 1. The van der Waals surface area contributed by atoms with Crippen LogP contribution in [-0.2, 0) is 19.8 Å². The second-order valence-corrected chi connectivity index (χ2v) is 6.09. The van der Waals surface area contributed by atoms with Crippen molar-refractivity contribution in [3.63, 3.8) is 0 Å².